The van der Waals surface area contributed by atoms with E-state index in [1.807, 2.05) is 0 Å². The second-order valence-electron chi connectivity index (χ2n) is 6.64. The molecule has 0 amide bonds. The molecule has 3 atom stereocenters. The van der Waals surface area contributed by atoms with Gasteiger partial charge in [-0.25, -0.2) is 0 Å². The fraction of sp³-hybridized carbons (Fsp3) is 1.00. The third kappa shape index (κ3) is 4.55. The standard InChI is InChI=1S/C14H29N/c1-11-7-6-8-13(12(11)2)15-10-9-14(3,4)5/h11-13,15H,6-10H2,1-5H3. The first-order valence-corrected chi connectivity index (χ1v) is 6.63. The lowest BCUT2D eigenvalue weighted by Gasteiger charge is -2.35. The summed E-state index contributed by atoms with van der Waals surface area (Å²) in [5.41, 5.74) is 0.469. The normalized spacial score (nSPS) is 33.0. The monoisotopic (exact) mass is 211 g/mol. The van der Waals surface area contributed by atoms with Crippen molar-refractivity contribution in [3.8, 4) is 0 Å². The minimum atomic E-state index is 0.469. The molecule has 1 rings (SSSR count). The summed E-state index contributed by atoms with van der Waals surface area (Å²) in [7, 11) is 0. The highest BCUT2D eigenvalue weighted by molar-refractivity contribution is 4.82. The molecular weight excluding hydrogens is 182 g/mol. The molecule has 0 aromatic carbocycles. The summed E-state index contributed by atoms with van der Waals surface area (Å²) in [6, 6.07) is 0.774. The zero-order valence-electron chi connectivity index (χ0n) is 11.3. The van der Waals surface area contributed by atoms with Crippen LogP contribution in [-0.4, -0.2) is 12.6 Å². The zero-order valence-corrected chi connectivity index (χ0v) is 11.3. The Kier molecular flexibility index (Phi) is 4.64. The number of rotatable bonds is 3. The molecule has 0 spiro atoms. The average molecular weight is 211 g/mol. The number of hydrogen-bond acceptors (Lipinski definition) is 1. The summed E-state index contributed by atoms with van der Waals surface area (Å²) in [6.45, 7) is 13.0. The Balaban J connectivity index is 2.26. The number of nitrogens with one attached hydrogen (secondary N) is 1. The van der Waals surface area contributed by atoms with Gasteiger partial charge in [0.2, 0.25) is 0 Å². The predicted octanol–water partition coefficient (Wildman–Crippen LogP) is 3.84. The molecule has 1 aliphatic rings. The maximum absolute atomic E-state index is 3.76. The second-order valence-corrected chi connectivity index (χ2v) is 6.64. The van der Waals surface area contributed by atoms with E-state index >= 15 is 0 Å². The molecule has 0 aromatic rings. The van der Waals surface area contributed by atoms with Gasteiger partial charge in [-0.15, -0.1) is 0 Å². The van der Waals surface area contributed by atoms with Crippen molar-refractivity contribution < 1.29 is 0 Å². The van der Waals surface area contributed by atoms with E-state index in [0.29, 0.717) is 5.41 Å². The summed E-state index contributed by atoms with van der Waals surface area (Å²) in [5, 5.41) is 3.76. The van der Waals surface area contributed by atoms with E-state index in [4.69, 9.17) is 0 Å². The predicted molar refractivity (Wildman–Crippen MR) is 68.0 cm³/mol. The van der Waals surface area contributed by atoms with E-state index < -0.39 is 0 Å². The summed E-state index contributed by atoms with van der Waals surface area (Å²) in [5.74, 6) is 1.77. The topological polar surface area (TPSA) is 12.0 Å². The van der Waals surface area contributed by atoms with Crippen molar-refractivity contribution in [3.63, 3.8) is 0 Å². The highest BCUT2D eigenvalue weighted by Crippen LogP contribution is 2.29. The lowest BCUT2D eigenvalue weighted by atomic mass is 9.78. The maximum Gasteiger partial charge on any atom is 0.00952 e. The molecule has 1 heteroatoms. The van der Waals surface area contributed by atoms with Gasteiger partial charge >= 0.3 is 0 Å². The largest absolute Gasteiger partial charge is 0.314 e. The Morgan fingerprint density at radius 3 is 2.40 bits per heavy atom. The van der Waals surface area contributed by atoms with Crippen molar-refractivity contribution in [2.45, 2.75) is 66.3 Å². The molecule has 0 saturated heterocycles. The minimum Gasteiger partial charge on any atom is -0.314 e. The molecule has 0 heterocycles. The molecule has 90 valence electrons. The summed E-state index contributed by atoms with van der Waals surface area (Å²) in [4.78, 5) is 0. The Bertz CT molecular complexity index is 180. The molecule has 15 heavy (non-hydrogen) atoms. The molecule has 1 fully saturated rings. The van der Waals surface area contributed by atoms with E-state index in [2.05, 4.69) is 39.9 Å². The fourth-order valence-corrected chi connectivity index (χ4v) is 2.50. The van der Waals surface area contributed by atoms with Crippen molar-refractivity contribution >= 4 is 0 Å². The lowest BCUT2D eigenvalue weighted by Crippen LogP contribution is -2.41. The molecule has 0 aliphatic heterocycles. The van der Waals surface area contributed by atoms with Crippen LogP contribution in [0.4, 0.5) is 0 Å². The molecular formula is C14H29N. The molecule has 1 aliphatic carbocycles. The van der Waals surface area contributed by atoms with Crippen LogP contribution in [0.2, 0.25) is 0 Å². The van der Waals surface area contributed by atoms with Crippen LogP contribution in [0.5, 0.6) is 0 Å². The van der Waals surface area contributed by atoms with E-state index in [0.717, 1.165) is 17.9 Å². The van der Waals surface area contributed by atoms with E-state index in [1.54, 1.807) is 0 Å². The first-order chi connectivity index (χ1) is 6.90. The molecule has 0 aromatic heterocycles. The van der Waals surface area contributed by atoms with Gasteiger partial charge in [-0.1, -0.05) is 47.5 Å². The summed E-state index contributed by atoms with van der Waals surface area (Å²) in [6.07, 6.45) is 5.51. The van der Waals surface area contributed by atoms with E-state index in [1.165, 1.54) is 32.2 Å². The fourth-order valence-electron chi connectivity index (χ4n) is 2.50. The van der Waals surface area contributed by atoms with Gasteiger partial charge in [0.05, 0.1) is 0 Å². The summed E-state index contributed by atoms with van der Waals surface area (Å²) >= 11 is 0. The van der Waals surface area contributed by atoms with Crippen LogP contribution >= 0.6 is 0 Å². The van der Waals surface area contributed by atoms with Gasteiger partial charge in [0.1, 0.15) is 0 Å². The quantitative estimate of drug-likeness (QED) is 0.748. The number of hydrogen-bond donors (Lipinski definition) is 1. The van der Waals surface area contributed by atoms with Crippen molar-refractivity contribution in [3.05, 3.63) is 0 Å². The van der Waals surface area contributed by atoms with E-state index in [-0.39, 0.29) is 0 Å². The highest BCUT2D eigenvalue weighted by Gasteiger charge is 2.26. The average Bonchev–Trinajstić information content (AvgIpc) is 2.10. The van der Waals surface area contributed by atoms with Gasteiger partial charge in [0, 0.05) is 6.04 Å². The molecule has 1 nitrogen and oxygen atoms in total. The van der Waals surface area contributed by atoms with E-state index in [9.17, 15) is 0 Å². The van der Waals surface area contributed by atoms with Crippen LogP contribution in [0, 0.1) is 17.3 Å². The van der Waals surface area contributed by atoms with Crippen molar-refractivity contribution in [2.24, 2.45) is 17.3 Å². The smallest absolute Gasteiger partial charge is 0.00952 e. The molecule has 3 unspecified atom stereocenters. The Morgan fingerprint density at radius 2 is 1.80 bits per heavy atom. The van der Waals surface area contributed by atoms with Gasteiger partial charge in [-0.05, 0) is 36.6 Å². The van der Waals surface area contributed by atoms with Gasteiger partial charge in [-0.3, -0.25) is 0 Å². The molecule has 0 bridgehead atoms. The molecule has 1 N–H and O–H groups in total. The maximum atomic E-state index is 3.76. The van der Waals surface area contributed by atoms with Crippen LogP contribution in [0.15, 0.2) is 0 Å². The van der Waals surface area contributed by atoms with Crippen LogP contribution in [0.25, 0.3) is 0 Å². The van der Waals surface area contributed by atoms with Crippen molar-refractivity contribution in [2.75, 3.05) is 6.54 Å². The van der Waals surface area contributed by atoms with Crippen LogP contribution < -0.4 is 5.32 Å². The van der Waals surface area contributed by atoms with Gasteiger partial charge in [-0.2, -0.15) is 0 Å². The minimum absolute atomic E-state index is 0.469. The first-order valence-electron chi connectivity index (χ1n) is 6.63. The first kappa shape index (κ1) is 13.0. The van der Waals surface area contributed by atoms with Crippen molar-refractivity contribution in [1.29, 1.82) is 0 Å². The van der Waals surface area contributed by atoms with Gasteiger partial charge in [0.15, 0.2) is 0 Å². The molecule has 1 saturated carbocycles. The third-order valence-electron chi connectivity index (χ3n) is 3.99. The summed E-state index contributed by atoms with van der Waals surface area (Å²) < 4.78 is 0. The molecule has 0 radical (unpaired) electrons. The Hall–Kier alpha value is -0.0400. The third-order valence-corrected chi connectivity index (χ3v) is 3.99. The zero-order chi connectivity index (χ0) is 11.5. The Morgan fingerprint density at radius 1 is 1.13 bits per heavy atom. The second kappa shape index (κ2) is 5.34. The van der Waals surface area contributed by atoms with Crippen LogP contribution in [0.1, 0.15) is 60.3 Å². The SMILES string of the molecule is CC1CCCC(NCCC(C)(C)C)C1C. The Labute approximate surface area is 96.0 Å². The van der Waals surface area contributed by atoms with Crippen LogP contribution in [-0.2, 0) is 0 Å². The lowest BCUT2D eigenvalue weighted by molar-refractivity contribution is 0.201. The van der Waals surface area contributed by atoms with Crippen LogP contribution in [0.3, 0.4) is 0 Å². The highest BCUT2D eigenvalue weighted by atomic mass is 14.9. The van der Waals surface area contributed by atoms with Gasteiger partial charge < -0.3 is 5.32 Å². The van der Waals surface area contributed by atoms with Gasteiger partial charge in [0.25, 0.3) is 0 Å². The van der Waals surface area contributed by atoms with Crippen molar-refractivity contribution in [1.82, 2.24) is 5.32 Å².